The molecule has 11 heteroatoms. The summed E-state index contributed by atoms with van der Waals surface area (Å²) in [5.74, 6) is -0.194. The van der Waals surface area contributed by atoms with Gasteiger partial charge in [0.2, 0.25) is 5.91 Å². The molecule has 0 aromatic carbocycles. The van der Waals surface area contributed by atoms with Gasteiger partial charge in [0.1, 0.15) is 24.4 Å². The Hall–Kier alpha value is -3.16. The van der Waals surface area contributed by atoms with E-state index in [1.165, 1.54) is 238 Å². The molecule has 0 aromatic rings. The normalized spacial score (nSPS) is 18.1. The molecule has 1 heterocycles. The smallest absolute Gasteiger partial charge is 0.305 e. The second-order valence-corrected chi connectivity index (χ2v) is 26.3. The van der Waals surface area contributed by atoms with E-state index in [1.807, 2.05) is 6.08 Å². The SMILES string of the molecule is CC/C=C/CC/C=C/CC/C=C/C(O)C(COC1OC(CO)C(O)C(O)C1O)NC(=O)CCCCCCCCCCCCCCCCCCC/C=C\C/C=C\CCCCCCCCCCCCCOC(=O)CCCCCCCCC/C=C\C/C=C\CCCCCC. The van der Waals surface area contributed by atoms with Gasteiger partial charge in [-0.3, -0.25) is 9.59 Å². The average Bonchev–Trinajstić information content (AvgIpc) is 3.02. The molecule has 6 N–H and O–H groups in total. The number of aliphatic hydroxyl groups is 5. The minimum absolute atomic E-state index is 0.00201. The number of hydrogen-bond acceptors (Lipinski definition) is 10. The number of ether oxygens (including phenoxy) is 3. The zero-order valence-electron chi connectivity index (χ0n) is 58.8. The van der Waals surface area contributed by atoms with Gasteiger partial charge in [0, 0.05) is 12.8 Å². The highest BCUT2D eigenvalue weighted by atomic mass is 16.7. The molecule has 1 saturated heterocycles. The summed E-state index contributed by atoms with van der Waals surface area (Å²) < 4.78 is 16.7. The van der Waals surface area contributed by atoms with E-state index in [0.29, 0.717) is 19.4 Å². The fraction of sp³-hybridized carbons (Fsp3) is 0.800. The van der Waals surface area contributed by atoms with Crippen LogP contribution in [0.3, 0.4) is 0 Å². The third kappa shape index (κ3) is 56.9. The summed E-state index contributed by atoms with van der Waals surface area (Å²) in [5.41, 5.74) is 0. The number of amides is 1. The number of nitrogens with one attached hydrogen (secondary N) is 1. The van der Waals surface area contributed by atoms with E-state index in [9.17, 15) is 35.1 Å². The van der Waals surface area contributed by atoms with Crippen LogP contribution in [-0.2, 0) is 23.8 Å². The summed E-state index contributed by atoms with van der Waals surface area (Å²) in [6, 6.07) is -0.834. The Bertz CT molecular complexity index is 1790. The van der Waals surface area contributed by atoms with Crippen molar-refractivity contribution in [3.05, 3.63) is 85.1 Å². The van der Waals surface area contributed by atoms with Crippen molar-refractivity contribution >= 4 is 11.9 Å². The highest BCUT2D eigenvalue weighted by molar-refractivity contribution is 5.76. The lowest BCUT2D eigenvalue weighted by atomic mass is 9.99. The van der Waals surface area contributed by atoms with Crippen LogP contribution in [0.25, 0.3) is 0 Å². The van der Waals surface area contributed by atoms with E-state index >= 15 is 0 Å². The van der Waals surface area contributed by atoms with Gasteiger partial charge in [0.15, 0.2) is 6.29 Å². The lowest BCUT2D eigenvalue weighted by Crippen LogP contribution is -2.60. The second kappa shape index (κ2) is 68.2. The van der Waals surface area contributed by atoms with E-state index in [-0.39, 0.29) is 18.5 Å². The zero-order chi connectivity index (χ0) is 65.8. The van der Waals surface area contributed by atoms with Crippen LogP contribution in [0.1, 0.15) is 348 Å². The topological polar surface area (TPSA) is 175 Å². The van der Waals surface area contributed by atoms with Crippen molar-refractivity contribution in [1.82, 2.24) is 5.32 Å². The quantitative estimate of drug-likeness (QED) is 0.0195. The average molecular weight is 1280 g/mol. The number of esters is 1. The van der Waals surface area contributed by atoms with Crippen molar-refractivity contribution in [3.8, 4) is 0 Å². The molecule has 91 heavy (non-hydrogen) atoms. The molecule has 11 nitrogen and oxygen atoms in total. The Morgan fingerprint density at radius 1 is 0.418 bits per heavy atom. The molecule has 1 fully saturated rings. The predicted molar refractivity (Wildman–Crippen MR) is 384 cm³/mol. The molecule has 0 aliphatic carbocycles. The van der Waals surface area contributed by atoms with Gasteiger partial charge in [0.05, 0.1) is 32.0 Å². The van der Waals surface area contributed by atoms with E-state index in [0.717, 1.165) is 83.5 Å². The van der Waals surface area contributed by atoms with Crippen molar-refractivity contribution in [3.63, 3.8) is 0 Å². The maximum atomic E-state index is 13.0. The Morgan fingerprint density at radius 3 is 1.20 bits per heavy atom. The number of carbonyl (C=O) groups is 2. The van der Waals surface area contributed by atoms with Crippen LogP contribution in [0, 0.1) is 0 Å². The summed E-state index contributed by atoms with van der Waals surface area (Å²) >= 11 is 0. The molecular formula is C80H143NO10. The fourth-order valence-electron chi connectivity index (χ4n) is 11.7. The lowest BCUT2D eigenvalue weighted by molar-refractivity contribution is -0.302. The van der Waals surface area contributed by atoms with Gasteiger partial charge >= 0.3 is 5.97 Å². The van der Waals surface area contributed by atoms with Crippen LogP contribution in [0.2, 0.25) is 0 Å². The van der Waals surface area contributed by atoms with Crippen molar-refractivity contribution in [1.29, 1.82) is 0 Å². The lowest BCUT2D eigenvalue weighted by Gasteiger charge is -2.40. The van der Waals surface area contributed by atoms with Crippen molar-refractivity contribution in [2.45, 2.75) is 391 Å². The zero-order valence-corrected chi connectivity index (χ0v) is 58.8. The molecule has 0 spiro atoms. The first-order valence-electron chi connectivity index (χ1n) is 38.4. The van der Waals surface area contributed by atoms with Crippen LogP contribution in [0.4, 0.5) is 0 Å². The van der Waals surface area contributed by atoms with Crippen LogP contribution in [-0.4, -0.2) is 100 Å². The first-order valence-corrected chi connectivity index (χ1v) is 38.4. The molecule has 7 unspecified atom stereocenters. The molecule has 1 aliphatic rings. The summed E-state index contributed by atoms with van der Waals surface area (Å²) in [5, 5.41) is 54.3. The molecule has 0 aromatic heterocycles. The maximum absolute atomic E-state index is 13.0. The summed E-state index contributed by atoms with van der Waals surface area (Å²) in [4.78, 5) is 25.1. The van der Waals surface area contributed by atoms with Gasteiger partial charge in [-0.15, -0.1) is 0 Å². The number of rotatable bonds is 67. The third-order valence-corrected chi connectivity index (χ3v) is 17.7. The minimum Gasteiger partial charge on any atom is -0.466 e. The van der Waals surface area contributed by atoms with Gasteiger partial charge < -0.3 is 45.1 Å². The molecular weight excluding hydrogens is 1130 g/mol. The minimum atomic E-state index is -1.58. The standard InChI is InChI=1S/C80H143NO10/c1-3-5-7-9-11-13-15-16-17-18-39-42-45-48-52-56-60-64-68-76(85)89-69-65-61-57-53-49-46-43-40-37-35-33-31-29-27-25-23-21-19-20-22-24-26-28-30-32-34-36-38-41-44-47-51-55-59-63-67-75(84)81-72(71-90-80-79(88)78(87)77(86)74(70-82)91-80)73(83)66-62-58-54-50-14-12-10-8-6-4-2/h6,8,13-15,17-18,21,23,27,29,50,62,66,72-74,77-80,82-83,86-88H,3-5,7,9-12,16,19-20,22,24-26,28,30-49,51-61,63-65,67-71H2,1-2H3,(H,81,84)/b8-6+,15-13-,18-17-,23-21-,29-27-,50-14+,66-62+. The first-order chi connectivity index (χ1) is 44.7. The summed E-state index contributed by atoms with van der Waals surface area (Å²) in [6.07, 6.45) is 84.8. The molecule has 0 bridgehead atoms. The fourth-order valence-corrected chi connectivity index (χ4v) is 11.7. The van der Waals surface area contributed by atoms with Gasteiger partial charge in [-0.2, -0.15) is 0 Å². The van der Waals surface area contributed by atoms with Gasteiger partial charge in [-0.05, 0) is 116 Å². The van der Waals surface area contributed by atoms with Crippen LogP contribution in [0.5, 0.6) is 0 Å². The van der Waals surface area contributed by atoms with E-state index in [4.69, 9.17) is 14.2 Å². The number of aliphatic hydroxyl groups excluding tert-OH is 5. The second-order valence-electron chi connectivity index (χ2n) is 26.3. The largest absolute Gasteiger partial charge is 0.466 e. The van der Waals surface area contributed by atoms with E-state index in [2.05, 4.69) is 92.1 Å². The first kappa shape index (κ1) is 85.9. The molecule has 0 saturated carbocycles. The number of unbranched alkanes of at least 4 members (excludes halogenated alkanes) is 41. The molecule has 1 amide bonds. The Labute approximate surface area is 559 Å². The van der Waals surface area contributed by atoms with Crippen LogP contribution >= 0.6 is 0 Å². The maximum Gasteiger partial charge on any atom is 0.305 e. The summed E-state index contributed by atoms with van der Waals surface area (Å²) in [6.45, 7) is 4.20. The molecule has 0 radical (unpaired) electrons. The highest BCUT2D eigenvalue weighted by Gasteiger charge is 2.44. The van der Waals surface area contributed by atoms with Gasteiger partial charge in [-0.25, -0.2) is 0 Å². The van der Waals surface area contributed by atoms with E-state index in [1.54, 1.807) is 6.08 Å². The van der Waals surface area contributed by atoms with Gasteiger partial charge in [-0.1, -0.05) is 304 Å². The molecule has 528 valence electrons. The summed E-state index contributed by atoms with van der Waals surface area (Å²) in [7, 11) is 0. The third-order valence-electron chi connectivity index (χ3n) is 17.7. The van der Waals surface area contributed by atoms with Gasteiger partial charge in [0.25, 0.3) is 0 Å². The predicted octanol–water partition coefficient (Wildman–Crippen LogP) is 20.4. The van der Waals surface area contributed by atoms with Crippen LogP contribution < -0.4 is 5.32 Å². The highest BCUT2D eigenvalue weighted by Crippen LogP contribution is 2.23. The van der Waals surface area contributed by atoms with Crippen molar-refractivity contribution in [2.24, 2.45) is 0 Å². The Morgan fingerprint density at radius 2 is 0.780 bits per heavy atom. The molecule has 7 atom stereocenters. The number of carbonyl (C=O) groups excluding carboxylic acids is 2. The Kier molecular flexibility index (Phi) is 64.4. The van der Waals surface area contributed by atoms with Crippen molar-refractivity contribution < 1.29 is 49.3 Å². The molecule has 1 rings (SSSR count). The molecule has 1 aliphatic heterocycles. The van der Waals surface area contributed by atoms with Crippen molar-refractivity contribution in [2.75, 3.05) is 19.8 Å². The monoisotopic (exact) mass is 1280 g/mol. The number of hydrogen-bond donors (Lipinski definition) is 6. The number of allylic oxidation sites excluding steroid dienone is 13. The van der Waals surface area contributed by atoms with Crippen LogP contribution in [0.15, 0.2) is 85.1 Å². The van der Waals surface area contributed by atoms with E-state index < -0.39 is 49.5 Å². The Balaban J connectivity index is 1.89.